The number of carbonyl (C=O) groups is 1. The highest BCUT2D eigenvalue weighted by molar-refractivity contribution is 6.05. The molecule has 0 saturated heterocycles. The first-order chi connectivity index (χ1) is 10.6. The number of rotatable bonds is 6. The molecule has 0 bridgehead atoms. The van der Waals surface area contributed by atoms with E-state index in [1.807, 2.05) is 0 Å². The van der Waals surface area contributed by atoms with Gasteiger partial charge in [0.05, 0.1) is 14.2 Å². The molecule has 5 heteroatoms. The Labute approximate surface area is 128 Å². The zero-order valence-electron chi connectivity index (χ0n) is 12.3. The smallest absolute Gasteiger partial charge is 0.187 e. The second kappa shape index (κ2) is 7.26. The molecule has 0 aliphatic carbocycles. The molecule has 0 heterocycles. The zero-order chi connectivity index (χ0) is 15.9. The van der Waals surface area contributed by atoms with Gasteiger partial charge in [-0.25, -0.2) is 4.39 Å². The van der Waals surface area contributed by atoms with Crippen LogP contribution in [0.2, 0.25) is 0 Å². The van der Waals surface area contributed by atoms with Crippen molar-refractivity contribution in [2.45, 2.75) is 0 Å². The molecule has 22 heavy (non-hydrogen) atoms. The molecule has 0 aliphatic rings. The van der Waals surface area contributed by atoms with Crippen molar-refractivity contribution < 1.29 is 18.7 Å². The van der Waals surface area contributed by atoms with Crippen LogP contribution in [0, 0.1) is 5.82 Å². The summed E-state index contributed by atoms with van der Waals surface area (Å²) in [6, 6.07) is 10.8. The lowest BCUT2D eigenvalue weighted by Crippen LogP contribution is -1.98. The van der Waals surface area contributed by atoms with Gasteiger partial charge in [-0.1, -0.05) is 0 Å². The van der Waals surface area contributed by atoms with Crippen LogP contribution in [-0.4, -0.2) is 20.0 Å². The minimum Gasteiger partial charge on any atom is -0.493 e. The van der Waals surface area contributed by atoms with Gasteiger partial charge in [-0.3, -0.25) is 4.79 Å². The predicted molar refractivity (Wildman–Crippen MR) is 83.0 cm³/mol. The molecule has 1 N–H and O–H groups in total. The van der Waals surface area contributed by atoms with Crippen LogP contribution in [0.5, 0.6) is 11.5 Å². The van der Waals surface area contributed by atoms with Gasteiger partial charge < -0.3 is 14.8 Å². The molecule has 0 aromatic heterocycles. The predicted octanol–water partition coefficient (Wildman–Crippen LogP) is 3.65. The van der Waals surface area contributed by atoms with Crippen LogP contribution in [0.15, 0.2) is 54.7 Å². The fourth-order valence-corrected chi connectivity index (χ4v) is 1.85. The fraction of sp³-hybridized carbons (Fsp3) is 0.118. The van der Waals surface area contributed by atoms with Crippen LogP contribution in [-0.2, 0) is 0 Å². The van der Waals surface area contributed by atoms with Crippen molar-refractivity contribution in [1.29, 1.82) is 0 Å². The lowest BCUT2D eigenvalue weighted by Gasteiger charge is -2.08. The first-order valence-electron chi connectivity index (χ1n) is 6.59. The number of hydrogen-bond donors (Lipinski definition) is 1. The highest BCUT2D eigenvalue weighted by Crippen LogP contribution is 2.27. The maximum Gasteiger partial charge on any atom is 0.187 e. The Hall–Kier alpha value is -2.82. The van der Waals surface area contributed by atoms with E-state index in [4.69, 9.17) is 9.47 Å². The fourth-order valence-electron chi connectivity index (χ4n) is 1.85. The molecule has 2 aromatic rings. The van der Waals surface area contributed by atoms with Crippen LogP contribution >= 0.6 is 0 Å². The number of benzene rings is 2. The maximum absolute atomic E-state index is 12.8. The van der Waals surface area contributed by atoms with Crippen molar-refractivity contribution in [3.05, 3.63) is 66.1 Å². The molecule has 0 fully saturated rings. The molecule has 2 aromatic carbocycles. The molecule has 0 radical (unpaired) electrons. The normalized spacial score (nSPS) is 10.5. The Morgan fingerprint density at radius 2 is 1.73 bits per heavy atom. The van der Waals surface area contributed by atoms with Gasteiger partial charge in [-0.2, -0.15) is 0 Å². The molecule has 2 rings (SSSR count). The summed E-state index contributed by atoms with van der Waals surface area (Å²) in [5, 5.41) is 2.90. The summed E-state index contributed by atoms with van der Waals surface area (Å²) in [5.74, 6) is 0.562. The molecule has 4 nitrogen and oxygen atoms in total. The average molecular weight is 301 g/mol. The number of halogens is 1. The van der Waals surface area contributed by atoms with Gasteiger partial charge in [0.2, 0.25) is 0 Å². The lowest BCUT2D eigenvalue weighted by molar-refractivity contribution is 0.104. The highest BCUT2D eigenvalue weighted by Gasteiger charge is 2.08. The molecular weight excluding hydrogens is 285 g/mol. The molecular formula is C17H16FNO3. The number of allylic oxidation sites excluding steroid dienone is 1. The third kappa shape index (κ3) is 3.85. The zero-order valence-corrected chi connectivity index (χ0v) is 12.3. The Bertz CT molecular complexity index is 681. The van der Waals surface area contributed by atoms with E-state index in [-0.39, 0.29) is 11.6 Å². The Balaban J connectivity index is 2.05. The monoisotopic (exact) mass is 301 g/mol. The number of ether oxygens (including phenoxy) is 2. The van der Waals surface area contributed by atoms with Gasteiger partial charge in [0.15, 0.2) is 17.3 Å². The second-order valence-electron chi connectivity index (χ2n) is 4.42. The molecule has 0 atom stereocenters. The Kier molecular flexibility index (Phi) is 5.14. The van der Waals surface area contributed by atoms with E-state index in [1.54, 1.807) is 30.3 Å². The van der Waals surface area contributed by atoms with Crippen molar-refractivity contribution in [3.63, 3.8) is 0 Å². The van der Waals surface area contributed by atoms with Crippen molar-refractivity contribution in [1.82, 2.24) is 0 Å². The standard InChI is InChI=1S/C17H16FNO3/c1-21-16-8-3-12(11-17(16)22-2)15(20)9-10-19-14-6-4-13(18)5-7-14/h3-11,19H,1-2H3/b10-9-. The summed E-state index contributed by atoms with van der Waals surface area (Å²) >= 11 is 0. The van der Waals surface area contributed by atoms with Crippen LogP contribution in [0.3, 0.4) is 0 Å². The van der Waals surface area contributed by atoms with Crippen LogP contribution in [0.25, 0.3) is 0 Å². The van der Waals surface area contributed by atoms with E-state index < -0.39 is 0 Å². The largest absolute Gasteiger partial charge is 0.493 e. The van der Waals surface area contributed by atoms with Gasteiger partial charge in [-0.15, -0.1) is 0 Å². The van der Waals surface area contributed by atoms with Crippen molar-refractivity contribution >= 4 is 11.5 Å². The van der Waals surface area contributed by atoms with Crippen LogP contribution in [0.4, 0.5) is 10.1 Å². The maximum atomic E-state index is 12.8. The van der Waals surface area contributed by atoms with E-state index >= 15 is 0 Å². The number of methoxy groups -OCH3 is 2. The number of ketones is 1. The Morgan fingerprint density at radius 3 is 2.36 bits per heavy atom. The number of anilines is 1. The summed E-state index contributed by atoms with van der Waals surface area (Å²) in [6.07, 6.45) is 2.90. The first kappa shape index (κ1) is 15.6. The molecule has 0 spiro atoms. The molecule has 0 unspecified atom stereocenters. The number of carbonyl (C=O) groups excluding carboxylic acids is 1. The van der Waals surface area contributed by atoms with E-state index in [9.17, 15) is 9.18 Å². The van der Waals surface area contributed by atoms with Gasteiger partial charge in [0.25, 0.3) is 0 Å². The summed E-state index contributed by atoms with van der Waals surface area (Å²) in [7, 11) is 3.05. The van der Waals surface area contributed by atoms with E-state index in [0.29, 0.717) is 22.7 Å². The van der Waals surface area contributed by atoms with Crippen LogP contribution in [0.1, 0.15) is 10.4 Å². The highest BCUT2D eigenvalue weighted by atomic mass is 19.1. The number of nitrogens with one attached hydrogen (secondary N) is 1. The summed E-state index contributed by atoms with van der Waals surface area (Å²) in [6.45, 7) is 0. The molecule has 0 amide bonds. The van der Waals surface area contributed by atoms with Gasteiger partial charge in [0, 0.05) is 23.5 Å². The van der Waals surface area contributed by atoms with E-state index in [0.717, 1.165) is 0 Å². The van der Waals surface area contributed by atoms with E-state index in [2.05, 4.69) is 5.32 Å². The molecule has 114 valence electrons. The van der Waals surface area contributed by atoms with Gasteiger partial charge >= 0.3 is 0 Å². The summed E-state index contributed by atoms with van der Waals surface area (Å²) in [5.41, 5.74) is 1.17. The summed E-state index contributed by atoms with van der Waals surface area (Å²) in [4.78, 5) is 12.1. The van der Waals surface area contributed by atoms with E-state index in [1.165, 1.54) is 38.6 Å². The van der Waals surface area contributed by atoms with Gasteiger partial charge in [-0.05, 0) is 42.5 Å². The van der Waals surface area contributed by atoms with Crippen molar-refractivity contribution in [2.24, 2.45) is 0 Å². The summed E-state index contributed by atoms with van der Waals surface area (Å²) < 4.78 is 23.1. The average Bonchev–Trinajstić information content (AvgIpc) is 2.55. The third-order valence-electron chi connectivity index (χ3n) is 3.00. The molecule has 0 aliphatic heterocycles. The molecule has 0 saturated carbocycles. The minimum absolute atomic E-state index is 0.185. The topological polar surface area (TPSA) is 47.6 Å². The number of hydrogen-bond acceptors (Lipinski definition) is 4. The van der Waals surface area contributed by atoms with Crippen LogP contribution < -0.4 is 14.8 Å². The second-order valence-corrected chi connectivity index (χ2v) is 4.42. The lowest BCUT2D eigenvalue weighted by atomic mass is 10.1. The SMILES string of the molecule is COc1ccc(C(=O)/C=C\Nc2ccc(F)cc2)cc1OC. The van der Waals surface area contributed by atoms with Gasteiger partial charge in [0.1, 0.15) is 5.82 Å². The first-order valence-corrected chi connectivity index (χ1v) is 6.59. The quantitative estimate of drug-likeness (QED) is 0.653. The Morgan fingerprint density at radius 1 is 1.05 bits per heavy atom. The third-order valence-corrected chi connectivity index (χ3v) is 3.00. The van der Waals surface area contributed by atoms with Crippen molar-refractivity contribution in [2.75, 3.05) is 19.5 Å². The van der Waals surface area contributed by atoms with Crippen molar-refractivity contribution in [3.8, 4) is 11.5 Å². The minimum atomic E-state index is -0.309.